The van der Waals surface area contributed by atoms with Gasteiger partial charge in [-0.1, -0.05) is 6.07 Å². The highest BCUT2D eigenvalue weighted by Crippen LogP contribution is 2.30. The van der Waals surface area contributed by atoms with Crippen molar-refractivity contribution in [3.05, 3.63) is 41.6 Å². The molecule has 0 saturated carbocycles. The zero-order valence-electron chi connectivity index (χ0n) is 13.2. The zero-order valence-corrected chi connectivity index (χ0v) is 13.2. The van der Waals surface area contributed by atoms with Crippen molar-refractivity contribution in [2.45, 2.75) is 6.18 Å². The van der Waals surface area contributed by atoms with E-state index in [1.165, 1.54) is 17.0 Å². The smallest absolute Gasteiger partial charge is 0.383 e. The van der Waals surface area contributed by atoms with E-state index in [2.05, 4.69) is 20.6 Å². The lowest BCUT2D eigenvalue weighted by Gasteiger charge is -2.14. The highest BCUT2D eigenvalue weighted by molar-refractivity contribution is 6.07. The maximum atomic E-state index is 12.7. The van der Waals surface area contributed by atoms with Crippen LogP contribution in [0.15, 0.2) is 30.5 Å². The van der Waals surface area contributed by atoms with Crippen molar-refractivity contribution in [3.8, 4) is 0 Å². The molecule has 8 nitrogen and oxygen atoms in total. The Morgan fingerprint density at radius 1 is 1.35 bits per heavy atom. The van der Waals surface area contributed by atoms with Gasteiger partial charge in [0, 0.05) is 25.0 Å². The summed E-state index contributed by atoms with van der Waals surface area (Å²) >= 11 is 0. The summed E-state index contributed by atoms with van der Waals surface area (Å²) in [6, 6.07) is 3.80. The average molecular weight is 366 g/mol. The van der Waals surface area contributed by atoms with Crippen LogP contribution in [-0.2, 0) is 6.18 Å². The van der Waals surface area contributed by atoms with Crippen LogP contribution >= 0.6 is 0 Å². The van der Waals surface area contributed by atoms with Crippen LogP contribution < -0.4 is 21.3 Å². The second-order valence-electron chi connectivity index (χ2n) is 5.39. The van der Waals surface area contributed by atoms with Crippen molar-refractivity contribution in [1.29, 1.82) is 0 Å². The molecule has 1 aliphatic heterocycles. The van der Waals surface area contributed by atoms with E-state index in [4.69, 9.17) is 5.73 Å². The predicted molar refractivity (Wildman–Crippen MR) is 86.6 cm³/mol. The first-order valence-corrected chi connectivity index (χ1v) is 7.42. The summed E-state index contributed by atoms with van der Waals surface area (Å²) in [6.07, 6.45) is -3.41. The first-order chi connectivity index (χ1) is 12.3. The van der Waals surface area contributed by atoms with Gasteiger partial charge in [0.2, 0.25) is 5.95 Å². The Morgan fingerprint density at radius 3 is 2.73 bits per heavy atom. The summed E-state index contributed by atoms with van der Waals surface area (Å²) in [7, 11) is 0. The lowest BCUT2D eigenvalue weighted by molar-refractivity contribution is -0.137. The van der Waals surface area contributed by atoms with E-state index in [1.807, 2.05) is 0 Å². The molecular weight excluding hydrogens is 353 g/mol. The van der Waals surface area contributed by atoms with Crippen molar-refractivity contribution in [1.82, 2.24) is 15.3 Å². The van der Waals surface area contributed by atoms with Crippen molar-refractivity contribution in [2.24, 2.45) is 0 Å². The van der Waals surface area contributed by atoms with E-state index in [-0.39, 0.29) is 29.0 Å². The molecule has 1 aliphatic rings. The predicted octanol–water partition coefficient (Wildman–Crippen LogP) is 1.86. The Kier molecular flexibility index (Phi) is 4.36. The third-order valence-electron chi connectivity index (χ3n) is 3.60. The lowest BCUT2D eigenvalue weighted by Crippen LogP contribution is -2.30. The van der Waals surface area contributed by atoms with Gasteiger partial charge >= 0.3 is 12.2 Å². The lowest BCUT2D eigenvalue weighted by atomic mass is 10.2. The van der Waals surface area contributed by atoms with Gasteiger partial charge < -0.3 is 16.4 Å². The molecule has 1 aromatic carbocycles. The van der Waals surface area contributed by atoms with Crippen molar-refractivity contribution < 1.29 is 22.8 Å². The molecule has 1 aromatic heterocycles. The maximum Gasteiger partial charge on any atom is 0.416 e. The molecule has 3 amide bonds. The molecule has 136 valence electrons. The standard InChI is InChI=1S/C15H13F3N6O2/c16-15(17,18)8-2-1-3-9(6-8)22-12(25)10-7-21-13(23-11(10)19)24-5-4-20-14(24)26/h1-3,6-7H,4-5H2,(H,20,26)(H,22,25)(H2,19,21,23). The molecule has 0 unspecified atom stereocenters. The number of rotatable bonds is 3. The molecule has 2 heterocycles. The second-order valence-corrected chi connectivity index (χ2v) is 5.39. The highest BCUT2D eigenvalue weighted by Gasteiger charge is 2.30. The van der Waals surface area contributed by atoms with Crippen LogP contribution in [0.25, 0.3) is 0 Å². The van der Waals surface area contributed by atoms with Crippen LogP contribution in [0.1, 0.15) is 15.9 Å². The number of nitrogens with zero attached hydrogens (tertiary/aromatic N) is 3. The number of benzene rings is 1. The number of nitrogens with two attached hydrogens (primary N) is 1. The van der Waals surface area contributed by atoms with E-state index in [0.29, 0.717) is 13.1 Å². The molecule has 0 aliphatic carbocycles. The Hall–Kier alpha value is -3.37. The molecule has 1 saturated heterocycles. The van der Waals surface area contributed by atoms with E-state index < -0.39 is 17.6 Å². The molecule has 0 radical (unpaired) electrons. The van der Waals surface area contributed by atoms with Crippen LogP contribution in [0.5, 0.6) is 0 Å². The number of nitrogen functional groups attached to an aromatic ring is 1. The first kappa shape index (κ1) is 17.5. The number of carbonyl (C=O) groups excluding carboxylic acids is 2. The molecule has 26 heavy (non-hydrogen) atoms. The van der Waals surface area contributed by atoms with Crippen LogP contribution in [-0.4, -0.2) is 35.0 Å². The summed E-state index contributed by atoms with van der Waals surface area (Å²) in [5.74, 6) is -0.924. The molecule has 11 heteroatoms. The van der Waals surface area contributed by atoms with Crippen LogP contribution in [0.4, 0.5) is 35.4 Å². The number of amides is 3. The Morgan fingerprint density at radius 2 is 2.12 bits per heavy atom. The van der Waals surface area contributed by atoms with Gasteiger partial charge in [-0.3, -0.25) is 9.69 Å². The summed E-state index contributed by atoms with van der Waals surface area (Å²) in [5.41, 5.74) is 4.68. The summed E-state index contributed by atoms with van der Waals surface area (Å²) in [4.78, 5) is 32.9. The van der Waals surface area contributed by atoms with Crippen LogP contribution in [0.2, 0.25) is 0 Å². The molecule has 3 rings (SSSR count). The Labute approximate surface area is 145 Å². The number of alkyl halides is 3. The number of aromatic nitrogens is 2. The fraction of sp³-hybridized carbons (Fsp3) is 0.200. The fourth-order valence-electron chi connectivity index (χ4n) is 2.32. The van der Waals surface area contributed by atoms with Crippen molar-refractivity contribution in [3.63, 3.8) is 0 Å². The van der Waals surface area contributed by atoms with Crippen molar-refractivity contribution in [2.75, 3.05) is 29.0 Å². The van der Waals surface area contributed by atoms with E-state index >= 15 is 0 Å². The van der Waals surface area contributed by atoms with Gasteiger partial charge in [-0.05, 0) is 18.2 Å². The van der Waals surface area contributed by atoms with Gasteiger partial charge in [-0.15, -0.1) is 0 Å². The maximum absolute atomic E-state index is 12.7. The Balaban J connectivity index is 1.79. The average Bonchev–Trinajstić information content (AvgIpc) is 3.00. The SMILES string of the molecule is Nc1nc(N2CCNC2=O)ncc1C(=O)Nc1cccc(C(F)(F)F)c1. The van der Waals surface area contributed by atoms with E-state index in [1.54, 1.807) is 0 Å². The fourth-order valence-corrected chi connectivity index (χ4v) is 2.32. The number of nitrogens with one attached hydrogen (secondary N) is 2. The van der Waals surface area contributed by atoms with Gasteiger partial charge in [0.1, 0.15) is 11.4 Å². The number of hydrogen-bond donors (Lipinski definition) is 3. The molecule has 0 atom stereocenters. The monoisotopic (exact) mass is 366 g/mol. The van der Waals surface area contributed by atoms with Crippen molar-refractivity contribution >= 4 is 29.4 Å². The molecule has 0 spiro atoms. The van der Waals surface area contributed by atoms with Gasteiger partial charge in [-0.2, -0.15) is 18.2 Å². The molecule has 4 N–H and O–H groups in total. The topological polar surface area (TPSA) is 113 Å². The number of anilines is 3. The van der Waals surface area contributed by atoms with Crippen LogP contribution in [0, 0.1) is 0 Å². The van der Waals surface area contributed by atoms with E-state index in [9.17, 15) is 22.8 Å². The molecule has 2 aromatic rings. The minimum atomic E-state index is -4.53. The molecule has 0 bridgehead atoms. The third-order valence-corrected chi connectivity index (χ3v) is 3.60. The van der Waals surface area contributed by atoms with Gasteiger partial charge in [0.15, 0.2) is 0 Å². The molecular formula is C15H13F3N6O2. The summed E-state index contributed by atoms with van der Waals surface area (Å²) in [5, 5.41) is 4.89. The minimum Gasteiger partial charge on any atom is -0.383 e. The minimum absolute atomic E-state index is 0.0353. The quantitative estimate of drug-likeness (QED) is 0.767. The number of halogens is 3. The summed E-state index contributed by atoms with van der Waals surface area (Å²) in [6.45, 7) is 0.786. The number of carbonyl (C=O) groups is 2. The third kappa shape index (κ3) is 3.50. The largest absolute Gasteiger partial charge is 0.416 e. The van der Waals surface area contributed by atoms with Crippen LogP contribution in [0.3, 0.4) is 0 Å². The highest BCUT2D eigenvalue weighted by atomic mass is 19.4. The van der Waals surface area contributed by atoms with Gasteiger partial charge in [0.25, 0.3) is 5.91 Å². The number of hydrogen-bond acceptors (Lipinski definition) is 5. The van der Waals surface area contributed by atoms with Gasteiger partial charge in [-0.25, -0.2) is 9.78 Å². The first-order valence-electron chi connectivity index (χ1n) is 7.42. The van der Waals surface area contributed by atoms with Gasteiger partial charge in [0.05, 0.1) is 5.56 Å². The Bertz CT molecular complexity index is 871. The number of urea groups is 1. The van der Waals surface area contributed by atoms with E-state index in [0.717, 1.165) is 18.3 Å². The zero-order chi connectivity index (χ0) is 18.9. The summed E-state index contributed by atoms with van der Waals surface area (Å²) < 4.78 is 38.2. The molecule has 1 fully saturated rings. The second kappa shape index (κ2) is 6.50. The normalized spacial score (nSPS) is 14.3.